The molecule has 2 aliphatic rings. The van der Waals surface area contributed by atoms with Crippen molar-refractivity contribution in [2.45, 2.75) is 44.3 Å². The Balaban J connectivity index is 1.64. The lowest BCUT2D eigenvalue weighted by atomic mass is 10.0. The number of fused-ring (bicyclic) bond motifs is 3. The second kappa shape index (κ2) is 7.60. The molecule has 0 unspecified atom stereocenters. The number of carbonyl (C=O) groups excluding carboxylic acids is 1. The number of hydrogen-bond acceptors (Lipinski definition) is 1. The van der Waals surface area contributed by atoms with Gasteiger partial charge in [-0.1, -0.05) is 60.8 Å². The standard InChI is InChI=1S/C24H24ClN3O/c25-20-12-5-4-11-19(20)23-22-14-7-15-27(22)21-13-6-1-8-17(21)16-28(23)24(29)26-18-9-2-3-10-18/h1,4-8,11-15,18,23H,2-3,9-10,16H2,(H,26,29)/t23-/m0/s1. The molecule has 1 aliphatic heterocycles. The minimum atomic E-state index is -0.257. The van der Waals surface area contributed by atoms with Gasteiger partial charge >= 0.3 is 6.03 Å². The van der Waals surface area contributed by atoms with Crippen LogP contribution < -0.4 is 5.32 Å². The molecule has 29 heavy (non-hydrogen) atoms. The lowest BCUT2D eigenvalue weighted by Gasteiger charge is -2.32. The van der Waals surface area contributed by atoms with Gasteiger partial charge in [0.05, 0.1) is 17.9 Å². The smallest absolute Gasteiger partial charge is 0.318 e. The summed E-state index contributed by atoms with van der Waals surface area (Å²) in [5, 5.41) is 3.96. The summed E-state index contributed by atoms with van der Waals surface area (Å²) in [4.78, 5) is 15.4. The first-order chi connectivity index (χ1) is 14.2. The molecule has 148 valence electrons. The first kappa shape index (κ1) is 18.3. The van der Waals surface area contributed by atoms with Gasteiger partial charge in [0, 0.05) is 17.3 Å². The van der Waals surface area contributed by atoms with Crippen molar-refractivity contribution in [2.24, 2.45) is 0 Å². The molecule has 1 aliphatic carbocycles. The van der Waals surface area contributed by atoms with Crippen LogP contribution in [-0.4, -0.2) is 21.5 Å². The Morgan fingerprint density at radius 3 is 2.55 bits per heavy atom. The van der Waals surface area contributed by atoms with E-state index < -0.39 is 0 Å². The van der Waals surface area contributed by atoms with Gasteiger partial charge in [-0.3, -0.25) is 0 Å². The van der Waals surface area contributed by atoms with Crippen LogP contribution >= 0.6 is 11.6 Å². The molecule has 0 spiro atoms. The molecule has 0 bridgehead atoms. The van der Waals surface area contributed by atoms with Gasteiger partial charge in [-0.15, -0.1) is 0 Å². The molecule has 5 heteroatoms. The van der Waals surface area contributed by atoms with E-state index in [0.717, 1.165) is 35.3 Å². The molecule has 1 saturated carbocycles. The number of benzene rings is 2. The third-order valence-corrected chi connectivity index (χ3v) is 6.45. The van der Waals surface area contributed by atoms with Gasteiger partial charge in [-0.2, -0.15) is 0 Å². The van der Waals surface area contributed by atoms with Crippen molar-refractivity contribution in [1.82, 2.24) is 14.8 Å². The SMILES string of the molecule is O=C(NC1CCCC1)N1Cc2ccccc2-n2cccc2[C@@H]1c1ccccc1Cl. The van der Waals surface area contributed by atoms with E-state index in [-0.39, 0.29) is 18.1 Å². The molecule has 5 rings (SSSR count). The average molecular weight is 406 g/mol. The Hall–Kier alpha value is -2.72. The summed E-state index contributed by atoms with van der Waals surface area (Å²) < 4.78 is 2.19. The molecular formula is C24H24ClN3O. The molecule has 0 saturated heterocycles. The molecule has 3 aromatic rings. The quantitative estimate of drug-likeness (QED) is 0.584. The number of rotatable bonds is 2. The fraction of sp³-hybridized carbons (Fsp3) is 0.292. The number of urea groups is 1. The fourth-order valence-electron chi connectivity index (χ4n) is 4.69. The molecule has 1 N–H and O–H groups in total. The molecule has 1 aromatic heterocycles. The van der Waals surface area contributed by atoms with Gasteiger partial charge in [0.15, 0.2) is 0 Å². The normalized spacial score (nSPS) is 18.8. The van der Waals surface area contributed by atoms with E-state index in [0.29, 0.717) is 11.6 Å². The van der Waals surface area contributed by atoms with E-state index in [4.69, 9.17) is 11.6 Å². The van der Waals surface area contributed by atoms with Crippen LogP contribution in [0.3, 0.4) is 0 Å². The summed E-state index contributed by atoms with van der Waals surface area (Å²) in [6.07, 6.45) is 6.55. The maximum atomic E-state index is 13.5. The van der Waals surface area contributed by atoms with Crippen molar-refractivity contribution < 1.29 is 4.79 Å². The van der Waals surface area contributed by atoms with E-state index in [1.165, 1.54) is 12.8 Å². The van der Waals surface area contributed by atoms with Gasteiger partial charge in [0.2, 0.25) is 0 Å². The number of nitrogens with zero attached hydrogens (tertiary/aromatic N) is 2. The number of aromatic nitrogens is 1. The Bertz CT molecular complexity index is 1040. The van der Waals surface area contributed by atoms with Crippen molar-refractivity contribution in [3.05, 3.63) is 88.7 Å². The van der Waals surface area contributed by atoms with E-state index >= 15 is 0 Å². The fourth-order valence-corrected chi connectivity index (χ4v) is 4.93. The first-order valence-electron chi connectivity index (χ1n) is 10.3. The zero-order valence-corrected chi connectivity index (χ0v) is 17.0. The van der Waals surface area contributed by atoms with Gasteiger partial charge in [0.25, 0.3) is 0 Å². The lowest BCUT2D eigenvalue weighted by molar-refractivity contribution is 0.176. The number of para-hydroxylation sites is 1. The van der Waals surface area contributed by atoms with Crippen molar-refractivity contribution in [1.29, 1.82) is 0 Å². The van der Waals surface area contributed by atoms with Gasteiger partial charge < -0.3 is 14.8 Å². The third kappa shape index (κ3) is 3.32. The zero-order valence-electron chi connectivity index (χ0n) is 16.2. The predicted octanol–water partition coefficient (Wildman–Crippen LogP) is 5.69. The molecule has 0 radical (unpaired) electrons. The highest BCUT2D eigenvalue weighted by Crippen LogP contribution is 2.39. The summed E-state index contributed by atoms with van der Waals surface area (Å²) in [7, 11) is 0. The maximum Gasteiger partial charge on any atom is 0.318 e. The van der Waals surface area contributed by atoms with E-state index in [1.807, 2.05) is 47.4 Å². The molecule has 2 aromatic carbocycles. The number of halogens is 1. The maximum absolute atomic E-state index is 13.5. The summed E-state index contributed by atoms with van der Waals surface area (Å²) in [5.74, 6) is 0. The summed E-state index contributed by atoms with van der Waals surface area (Å²) >= 11 is 6.63. The highest BCUT2D eigenvalue weighted by molar-refractivity contribution is 6.31. The Morgan fingerprint density at radius 2 is 1.72 bits per heavy atom. The van der Waals surface area contributed by atoms with Crippen molar-refractivity contribution in [3.63, 3.8) is 0 Å². The van der Waals surface area contributed by atoms with Crippen LogP contribution in [0.2, 0.25) is 5.02 Å². The van der Waals surface area contributed by atoms with Gasteiger partial charge in [-0.05, 0) is 48.2 Å². The van der Waals surface area contributed by atoms with Crippen LogP contribution in [-0.2, 0) is 6.54 Å². The molecule has 2 heterocycles. The number of carbonyl (C=O) groups is 1. The minimum Gasteiger partial charge on any atom is -0.335 e. The van der Waals surface area contributed by atoms with E-state index in [1.54, 1.807) is 0 Å². The highest BCUT2D eigenvalue weighted by Gasteiger charge is 2.34. The molecule has 4 nitrogen and oxygen atoms in total. The third-order valence-electron chi connectivity index (χ3n) is 6.11. The summed E-state index contributed by atoms with van der Waals surface area (Å²) in [6, 6.07) is 20.2. The first-order valence-corrected chi connectivity index (χ1v) is 10.7. The molecular weight excluding hydrogens is 382 g/mol. The summed E-state index contributed by atoms with van der Waals surface area (Å²) in [5.41, 5.74) is 4.23. The second-order valence-electron chi connectivity index (χ2n) is 7.91. The van der Waals surface area contributed by atoms with Crippen molar-refractivity contribution >= 4 is 17.6 Å². The van der Waals surface area contributed by atoms with E-state index in [2.05, 4.69) is 34.3 Å². The number of amides is 2. The van der Waals surface area contributed by atoms with Crippen LogP contribution in [0, 0.1) is 0 Å². The summed E-state index contributed by atoms with van der Waals surface area (Å²) in [6.45, 7) is 0.534. The molecule has 1 fully saturated rings. The van der Waals surface area contributed by atoms with Crippen molar-refractivity contribution in [2.75, 3.05) is 0 Å². The monoisotopic (exact) mass is 405 g/mol. The number of nitrogens with one attached hydrogen (secondary N) is 1. The largest absolute Gasteiger partial charge is 0.335 e. The van der Waals surface area contributed by atoms with Crippen LogP contribution in [0.15, 0.2) is 66.9 Å². The zero-order chi connectivity index (χ0) is 19.8. The van der Waals surface area contributed by atoms with Crippen LogP contribution in [0.4, 0.5) is 4.79 Å². The Morgan fingerprint density at radius 1 is 0.966 bits per heavy atom. The van der Waals surface area contributed by atoms with Crippen LogP contribution in [0.5, 0.6) is 0 Å². The predicted molar refractivity (Wildman–Crippen MR) is 115 cm³/mol. The van der Waals surface area contributed by atoms with Crippen LogP contribution in [0.25, 0.3) is 5.69 Å². The van der Waals surface area contributed by atoms with Gasteiger partial charge in [-0.25, -0.2) is 4.79 Å². The Kier molecular flexibility index (Phi) is 4.80. The van der Waals surface area contributed by atoms with Crippen molar-refractivity contribution in [3.8, 4) is 5.69 Å². The topological polar surface area (TPSA) is 37.3 Å². The molecule has 2 amide bonds. The van der Waals surface area contributed by atoms with E-state index in [9.17, 15) is 4.79 Å². The second-order valence-corrected chi connectivity index (χ2v) is 8.32. The minimum absolute atomic E-state index is 0.0220. The van der Waals surface area contributed by atoms with Gasteiger partial charge in [0.1, 0.15) is 6.04 Å². The Labute approximate surface area is 176 Å². The van der Waals surface area contributed by atoms with Crippen LogP contribution in [0.1, 0.15) is 48.5 Å². The average Bonchev–Trinajstić information content (AvgIpc) is 3.39. The lowest BCUT2D eigenvalue weighted by Crippen LogP contribution is -2.45. The highest BCUT2D eigenvalue weighted by atomic mass is 35.5. The molecule has 1 atom stereocenters. The number of hydrogen-bond donors (Lipinski definition) is 1.